The van der Waals surface area contributed by atoms with Crippen molar-refractivity contribution in [1.29, 1.82) is 0 Å². The molecule has 0 fully saturated rings. The first-order valence-electron chi connectivity index (χ1n) is 3.88. The Morgan fingerprint density at radius 1 is 1.27 bits per heavy atom. The van der Waals surface area contributed by atoms with Crippen LogP contribution in [0.25, 0.3) is 5.57 Å². The molecule has 0 atom stereocenters. The van der Waals surface area contributed by atoms with E-state index in [4.69, 9.17) is 34.8 Å². The SMILES string of the molecule is Cc1cc(Cl)c(C(=C=O)C(=O)Cl)c(Cl)c1. The number of carbonyl (C=O) groups excluding carboxylic acids is 2. The third-order valence-electron chi connectivity index (χ3n) is 1.74. The van der Waals surface area contributed by atoms with Gasteiger partial charge in [0.1, 0.15) is 11.5 Å². The maximum Gasteiger partial charge on any atom is 0.264 e. The van der Waals surface area contributed by atoms with Gasteiger partial charge in [-0.1, -0.05) is 23.2 Å². The lowest BCUT2D eigenvalue weighted by atomic mass is 10.1. The molecule has 0 aliphatic rings. The maximum atomic E-state index is 10.9. The summed E-state index contributed by atoms with van der Waals surface area (Å²) in [5.41, 5.74) is 0.589. The van der Waals surface area contributed by atoms with Gasteiger partial charge in [-0.15, -0.1) is 0 Å². The molecule has 5 heteroatoms. The highest BCUT2D eigenvalue weighted by atomic mass is 35.5. The van der Waals surface area contributed by atoms with Crippen LogP contribution < -0.4 is 0 Å². The minimum atomic E-state index is -0.933. The van der Waals surface area contributed by atoms with Crippen molar-refractivity contribution in [1.82, 2.24) is 0 Å². The molecule has 1 rings (SSSR count). The van der Waals surface area contributed by atoms with Gasteiger partial charge in [0.05, 0.1) is 10.0 Å². The van der Waals surface area contributed by atoms with Crippen molar-refractivity contribution in [3.05, 3.63) is 33.3 Å². The topological polar surface area (TPSA) is 34.1 Å². The lowest BCUT2D eigenvalue weighted by Gasteiger charge is -2.06. The van der Waals surface area contributed by atoms with Crippen molar-refractivity contribution in [3.63, 3.8) is 0 Å². The van der Waals surface area contributed by atoms with Gasteiger partial charge in [0.25, 0.3) is 5.24 Å². The molecule has 1 aromatic rings. The van der Waals surface area contributed by atoms with Crippen LogP contribution in [0.3, 0.4) is 0 Å². The first-order chi connectivity index (χ1) is 6.97. The molecule has 15 heavy (non-hydrogen) atoms. The fraction of sp³-hybridized carbons (Fsp3) is 0.100. The van der Waals surface area contributed by atoms with Gasteiger partial charge in [-0.25, -0.2) is 4.79 Å². The zero-order valence-electron chi connectivity index (χ0n) is 7.61. The number of aryl methyl sites for hydroxylation is 1. The van der Waals surface area contributed by atoms with E-state index in [9.17, 15) is 9.59 Å². The summed E-state index contributed by atoms with van der Waals surface area (Å²) in [7, 11) is 0. The van der Waals surface area contributed by atoms with E-state index in [2.05, 4.69) is 0 Å². The molecule has 0 spiro atoms. The van der Waals surface area contributed by atoms with Crippen LogP contribution in [0.5, 0.6) is 0 Å². The first kappa shape index (κ1) is 12.3. The van der Waals surface area contributed by atoms with Crippen molar-refractivity contribution >= 4 is 51.6 Å². The summed E-state index contributed by atoms with van der Waals surface area (Å²) < 4.78 is 0. The quantitative estimate of drug-likeness (QED) is 0.466. The third kappa shape index (κ3) is 2.61. The van der Waals surface area contributed by atoms with E-state index in [1.54, 1.807) is 19.1 Å². The smallest absolute Gasteiger partial charge is 0.264 e. The Morgan fingerprint density at radius 3 is 2.07 bits per heavy atom. The summed E-state index contributed by atoms with van der Waals surface area (Å²) in [5, 5.41) is -0.530. The molecule has 0 heterocycles. The van der Waals surface area contributed by atoms with Gasteiger partial charge in [-0.3, -0.25) is 4.79 Å². The maximum absolute atomic E-state index is 10.9. The fourth-order valence-corrected chi connectivity index (χ4v) is 2.05. The number of hydrogen-bond acceptors (Lipinski definition) is 2. The molecular weight excluding hydrogens is 258 g/mol. The van der Waals surface area contributed by atoms with E-state index in [0.717, 1.165) is 5.56 Å². The second-order valence-electron chi connectivity index (χ2n) is 2.85. The Kier molecular flexibility index (Phi) is 3.95. The van der Waals surface area contributed by atoms with Gasteiger partial charge in [-0.2, -0.15) is 0 Å². The number of benzene rings is 1. The Hall–Kier alpha value is -0.790. The van der Waals surface area contributed by atoms with Gasteiger partial charge in [0, 0.05) is 5.56 Å². The number of carbonyl (C=O) groups is 1. The second kappa shape index (κ2) is 4.82. The average molecular weight is 264 g/mol. The van der Waals surface area contributed by atoms with Gasteiger partial charge in [-0.05, 0) is 36.2 Å². The van der Waals surface area contributed by atoms with Crippen LogP contribution in [0.15, 0.2) is 12.1 Å². The van der Waals surface area contributed by atoms with Crippen molar-refractivity contribution in [2.24, 2.45) is 0 Å². The minimum Gasteiger partial charge on any atom is -0.275 e. The van der Waals surface area contributed by atoms with E-state index < -0.39 is 5.24 Å². The van der Waals surface area contributed by atoms with Crippen LogP contribution in [0, 0.1) is 6.92 Å². The van der Waals surface area contributed by atoms with Crippen molar-refractivity contribution in [2.75, 3.05) is 0 Å². The highest BCUT2D eigenvalue weighted by Crippen LogP contribution is 2.32. The molecule has 2 nitrogen and oxygen atoms in total. The number of hydrogen-bond donors (Lipinski definition) is 0. The van der Waals surface area contributed by atoms with Crippen LogP contribution in [-0.4, -0.2) is 11.2 Å². The fourth-order valence-electron chi connectivity index (χ4n) is 1.13. The van der Waals surface area contributed by atoms with Crippen molar-refractivity contribution < 1.29 is 9.59 Å². The summed E-state index contributed by atoms with van der Waals surface area (Å²) in [6.07, 6.45) is 0. The minimum absolute atomic E-state index is 0.124. The summed E-state index contributed by atoms with van der Waals surface area (Å²) in [4.78, 5) is 21.5. The lowest BCUT2D eigenvalue weighted by Crippen LogP contribution is -1.97. The van der Waals surface area contributed by atoms with E-state index in [-0.39, 0.29) is 21.2 Å². The molecule has 0 radical (unpaired) electrons. The van der Waals surface area contributed by atoms with Crippen LogP contribution in [0.2, 0.25) is 10.0 Å². The summed E-state index contributed by atoms with van der Waals surface area (Å²) in [6, 6.07) is 3.17. The number of allylic oxidation sites excluding steroid dienone is 1. The highest BCUT2D eigenvalue weighted by Gasteiger charge is 2.18. The van der Waals surface area contributed by atoms with Crippen molar-refractivity contribution in [3.8, 4) is 0 Å². The van der Waals surface area contributed by atoms with E-state index in [1.165, 1.54) is 5.94 Å². The Morgan fingerprint density at radius 2 is 1.73 bits per heavy atom. The predicted molar refractivity (Wildman–Crippen MR) is 61.2 cm³/mol. The number of rotatable bonds is 2. The van der Waals surface area contributed by atoms with Gasteiger partial charge < -0.3 is 0 Å². The van der Waals surface area contributed by atoms with Crippen molar-refractivity contribution in [2.45, 2.75) is 6.92 Å². The largest absolute Gasteiger partial charge is 0.275 e. The first-order valence-corrected chi connectivity index (χ1v) is 5.01. The van der Waals surface area contributed by atoms with Crippen LogP contribution in [-0.2, 0) is 9.59 Å². The van der Waals surface area contributed by atoms with Gasteiger partial charge in [0.2, 0.25) is 0 Å². The molecule has 0 aromatic heterocycles. The summed E-state index contributed by atoms with van der Waals surface area (Å²) in [5.74, 6) is 1.44. The highest BCUT2D eigenvalue weighted by molar-refractivity contribution is 6.76. The second-order valence-corrected chi connectivity index (χ2v) is 4.01. The monoisotopic (exact) mass is 262 g/mol. The zero-order chi connectivity index (χ0) is 11.6. The molecule has 0 N–H and O–H groups in total. The molecule has 0 aliphatic carbocycles. The third-order valence-corrected chi connectivity index (χ3v) is 2.52. The molecule has 0 bridgehead atoms. The van der Waals surface area contributed by atoms with Crippen LogP contribution in [0.4, 0.5) is 0 Å². The molecule has 0 aliphatic heterocycles. The van der Waals surface area contributed by atoms with E-state index in [0.29, 0.717) is 0 Å². The molecule has 78 valence electrons. The molecular formula is C10H5Cl3O2. The van der Waals surface area contributed by atoms with E-state index >= 15 is 0 Å². The number of halogens is 3. The Balaban J connectivity index is 3.50. The normalized spacial score (nSPS) is 9.60. The molecule has 0 saturated heterocycles. The average Bonchev–Trinajstić information content (AvgIpc) is 2.09. The zero-order valence-corrected chi connectivity index (χ0v) is 9.87. The van der Waals surface area contributed by atoms with Gasteiger partial charge >= 0.3 is 0 Å². The van der Waals surface area contributed by atoms with E-state index in [1.807, 2.05) is 0 Å². The summed E-state index contributed by atoms with van der Waals surface area (Å²) in [6.45, 7) is 1.79. The Bertz CT molecular complexity index is 451. The van der Waals surface area contributed by atoms with Crippen LogP contribution in [0.1, 0.15) is 11.1 Å². The molecule has 1 aromatic carbocycles. The van der Waals surface area contributed by atoms with Gasteiger partial charge in [0.15, 0.2) is 0 Å². The summed E-state index contributed by atoms with van der Waals surface area (Å²) >= 11 is 16.9. The lowest BCUT2D eigenvalue weighted by molar-refractivity contribution is -0.106. The molecule has 0 unspecified atom stereocenters. The molecule has 0 amide bonds. The van der Waals surface area contributed by atoms with Crippen LogP contribution >= 0.6 is 34.8 Å². The Labute approximate surface area is 101 Å². The molecule has 0 saturated carbocycles. The standard InChI is InChI=1S/C10H5Cl3O2/c1-5-2-7(11)9(8(12)3-5)6(4-14)10(13)15/h2-3H,1H3. The predicted octanol–water partition coefficient (Wildman–Crippen LogP) is 3.28.